The van der Waals surface area contributed by atoms with E-state index >= 15 is 0 Å². The summed E-state index contributed by atoms with van der Waals surface area (Å²) in [6, 6.07) is 14.6. The van der Waals surface area contributed by atoms with Gasteiger partial charge in [-0.2, -0.15) is 0 Å². The number of hydrogen-bond acceptors (Lipinski definition) is 3. The van der Waals surface area contributed by atoms with Crippen LogP contribution in [0.5, 0.6) is 0 Å². The molecule has 2 aromatic carbocycles. The number of hydrogen-bond donors (Lipinski definition) is 2. The van der Waals surface area contributed by atoms with Crippen LogP contribution in [0.15, 0.2) is 42.5 Å². The van der Waals surface area contributed by atoms with Gasteiger partial charge in [0.2, 0.25) is 5.91 Å². The molecule has 0 unspecified atom stereocenters. The minimum atomic E-state index is 0.0335. The summed E-state index contributed by atoms with van der Waals surface area (Å²) in [6.45, 7) is 7.02. The molecule has 0 aliphatic carbocycles. The molecule has 0 spiro atoms. The Morgan fingerprint density at radius 3 is 2.24 bits per heavy atom. The van der Waals surface area contributed by atoms with Crippen LogP contribution in [-0.2, 0) is 4.79 Å². The largest absolute Gasteiger partial charge is 0.385 e. The third-order valence-electron chi connectivity index (χ3n) is 4.53. The Bertz CT molecular complexity index is 698. The van der Waals surface area contributed by atoms with Gasteiger partial charge in [-0.05, 0) is 74.2 Å². The molecule has 0 aromatic heterocycles. The normalized spacial score (nSPS) is 13.8. The van der Waals surface area contributed by atoms with E-state index in [1.54, 1.807) is 0 Å². The number of aryl methyl sites for hydroxylation is 2. The SMILES string of the molecule is Cc1cc(C)cc(NC(=O)CCNc2ccc(N3CCCC3)cc2)c1. The lowest BCUT2D eigenvalue weighted by atomic mass is 10.1. The molecule has 0 saturated carbocycles. The fourth-order valence-electron chi connectivity index (χ4n) is 3.36. The summed E-state index contributed by atoms with van der Waals surface area (Å²) in [4.78, 5) is 14.5. The first-order valence-electron chi connectivity index (χ1n) is 9.07. The molecule has 4 nitrogen and oxygen atoms in total. The van der Waals surface area contributed by atoms with Crippen LogP contribution in [0.1, 0.15) is 30.4 Å². The molecule has 1 saturated heterocycles. The second-order valence-corrected chi connectivity index (χ2v) is 6.84. The minimum Gasteiger partial charge on any atom is -0.385 e. The van der Waals surface area contributed by atoms with Crippen LogP contribution in [0.3, 0.4) is 0 Å². The number of rotatable bonds is 6. The summed E-state index contributed by atoms with van der Waals surface area (Å²) in [6.07, 6.45) is 3.02. The Hall–Kier alpha value is -2.49. The van der Waals surface area contributed by atoms with E-state index in [0.717, 1.165) is 35.6 Å². The highest BCUT2D eigenvalue weighted by Gasteiger charge is 2.11. The van der Waals surface area contributed by atoms with Crippen molar-refractivity contribution in [3.8, 4) is 0 Å². The molecule has 132 valence electrons. The number of nitrogens with one attached hydrogen (secondary N) is 2. The van der Waals surface area contributed by atoms with Gasteiger partial charge in [0.25, 0.3) is 0 Å². The van der Waals surface area contributed by atoms with Gasteiger partial charge in [-0.3, -0.25) is 4.79 Å². The minimum absolute atomic E-state index is 0.0335. The van der Waals surface area contributed by atoms with E-state index in [0.29, 0.717) is 13.0 Å². The number of anilines is 3. The van der Waals surface area contributed by atoms with Crippen molar-refractivity contribution in [1.82, 2.24) is 0 Å². The van der Waals surface area contributed by atoms with Gasteiger partial charge in [0, 0.05) is 43.1 Å². The van der Waals surface area contributed by atoms with Crippen LogP contribution in [0.4, 0.5) is 17.1 Å². The van der Waals surface area contributed by atoms with Crippen molar-refractivity contribution in [3.05, 3.63) is 53.6 Å². The van der Waals surface area contributed by atoms with Crippen LogP contribution >= 0.6 is 0 Å². The summed E-state index contributed by atoms with van der Waals surface area (Å²) in [5.74, 6) is 0.0335. The molecule has 3 rings (SSSR count). The molecule has 0 atom stereocenters. The second kappa shape index (κ2) is 8.06. The van der Waals surface area contributed by atoms with Crippen molar-refractivity contribution in [2.75, 3.05) is 35.2 Å². The Balaban J connectivity index is 1.44. The van der Waals surface area contributed by atoms with Gasteiger partial charge >= 0.3 is 0 Å². The smallest absolute Gasteiger partial charge is 0.226 e. The van der Waals surface area contributed by atoms with Gasteiger partial charge in [0.05, 0.1) is 0 Å². The topological polar surface area (TPSA) is 44.4 Å². The first kappa shape index (κ1) is 17.3. The van der Waals surface area contributed by atoms with E-state index in [1.165, 1.54) is 18.5 Å². The Kier molecular flexibility index (Phi) is 5.59. The zero-order valence-electron chi connectivity index (χ0n) is 15.1. The van der Waals surface area contributed by atoms with Crippen LogP contribution in [0.2, 0.25) is 0 Å². The third-order valence-corrected chi connectivity index (χ3v) is 4.53. The van der Waals surface area contributed by atoms with Gasteiger partial charge in [0.1, 0.15) is 0 Å². The predicted octanol–water partition coefficient (Wildman–Crippen LogP) is 4.34. The van der Waals surface area contributed by atoms with E-state index in [2.05, 4.69) is 45.9 Å². The first-order valence-corrected chi connectivity index (χ1v) is 9.07. The second-order valence-electron chi connectivity index (χ2n) is 6.84. The number of carbonyl (C=O) groups is 1. The summed E-state index contributed by atoms with van der Waals surface area (Å²) in [7, 11) is 0. The third kappa shape index (κ3) is 4.99. The van der Waals surface area contributed by atoms with E-state index in [9.17, 15) is 4.79 Å². The maximum atomic E-state index is 12.1. The van der Waals surface area contributed by atoms with Gasteiger partial charge in [-0.15, -0.1) is 0 Å². The monoisotopic (exact) mass is 337 g/mol. The fraction of sp³-hybridized carbons (Fsp3) is 0.381. The zero-order valence-corrected chi connectivity index (χ0v) is 15.1. The fourth-order valence-corrected chi connectivity index (χ4v) is 3.36. The molecule has 0 bridgehead atoms. The molecule has 1 aliphatic rings. The van der Waals surface area contributed by atoms with Gasteiger partial charge < -0.3 is 15.5 Å². The molecule has 2 aromatic rings. The van der Waals surface area contributed by atoms with Crippen LogP contribution in [0.25, 0.3) is 0 Å². The predicted molar refractivity (Wildman–Crippen MR) is 106 cm³/mol. The quantitative estimate of drug-likeness (QED) is 0.824. The Morgan fingerprint density at radius 2 is 1.60 bits per heavy atom. The molecule has 0 radical (unpaired) electrons. The van der Waals surface area contributed by atoms with Gasteiger partial charge in [-0.25, -0.2) is 0 Å². The molecule has 1 fully saturated rings. The van der Waals surface area contributed by atoms with Gasteiger partial charge in [-0.1, -0.05) is 6.07 Å². The first-order chi connectivity index (χ1) is 12.1. The molecular formula is C21H27N3O. The number of carbonyl (C=O) groups excluding carboxylic acids is 1. The van der Waals surface area contributed by atoms with E-state index in [1.807, 2.05) is 26.0 Å². The maximum absolute atomic E-state index is 12.1. The average Bonchev–Trinajstić information content (AvgIpc) is 3.09. The van der Waals surface area contributed by atoms with Crippen molar-refractivity contribution in [2.45, 2.75) is 33.1 Å². The lowest BCUT2D eigenvalue weighted by Crippen LogP contribution is -2.18. The Morgan fingerprint density at radius 1 is 0.960 bits per heavy atom. The average molecular weight is 337 g/mol. The van der Waals surface area contributed by atoms with Crippen LogP contribution in [0, 0.1) is 13.8 Å². The Labute approximate surface area is 150 Å². The zero-order chi connectivity index (χ0) is 17.6. The number of benzene rings is 2. The number of amides is 1. The standard InChI is InChI=1S/C21H27N3O/c1-16-13-17(2)15-19(14-16)23-21(25)9-10-22-18-5-7-20(8-6-18)24-11-3-4-12-24/h5-8,13-15,22H,3-4,9-12H2,1-2H3,(H,23,25). The van der Waals surface area contributed by atoms with Crippen molar-refractivity contribution < 1.29 is 4.79 Å². The molecule has 1 heterocycles. The van der Waals surface area contributed by atoms with Crippen LogP contribution < -0.4 is 15.5 Å². The molecule has 2 N–H and O–H groups in total. The van der Waals surface area contributed by atoms with Crippen molar-refractivity contribution in [1.29, 1.82) is 0 Å². The highest BCUT2D eigenvalue weighted by molar-refractivity contribution is 5.91. The van der Waals surface area contributed by atoms with Crippen LogP contribution in [-0.4, -0.2) is 25.5 Å². The van der Waals surface area contributed by atoms with E-state index in [-0.39, 0.29) is 5.91 Å². The lowest BCUT2D eigenvalue weighted by molar-refractivity contribution is -0.115. The molecule has 1 aliphatic heterocycles. The molecule has 25 heavy (non-hydrogen) atoms. The summed E-state index contributed by atoms with van der Waals surface area (Å²) in [5.41, 5.74) is 5.54. The highest BCUT2D eigenvalue weighted by atomic mass is 16.1. The molecule has 1 amide bonds. The van der Waals surface area contributed by atoms with E-state index < -0.39 is 0 Å². The maximum Gasteiger partial charge on any atom is 0.226 e. The highest BCUT2D eigenvalue weighted by Crippen LogP contribution is 2.22. The van der Waals surface area contributed by atoms with E-state index in [4.69, 9.17) is 0 Å². The van der Waals surface area contributed by atoms with Gasteiger partial charge in [0.15, 0.2) is 0 Å². The van der Waals surface area contributed by atoms with Crippen molar-refractivity contribution >= 4 is 23.0 Å². The number of nitrogens with zero attached hydrogens (tertiary/aromatic N) is 1. The summed E-state index contributed by atoms with van der Waals surface area (Å²) < 4.78 is 0. The lowest BCUT2D eigenvalue weighted by Gasteiger charge is -2.18. The molecule has 4 heteroatoms. The molecular weight excluding hydrogens is 310 g/mol. The van der Waals surface area contributed by atoms with Crippen molar-refractivity contribution in [3.63, 3.8) is 0 Å². The van der Waals surface area contributed by atoms with Crippen molar-refractivity contribution in [2.24, 2.45) is 0 Å². The summed E-state index contributed by atoms with van der Waals surface area (Å²) in [5, 5.41) is 6.29. The summed E-state index contributed by atoms with van der Waals surface area (Å²) >= 11 is 0.